The maximum absolute atomic E-state index is 12.7. The highest BCUT2D eigenvalue weighted by Crippen LogP contribution is 2.16. The normalized spacial score (nSPS) is 12.3. The fraction of sp³-hybridized carbons (Fsp3) is 0.830. The van der Waals surface area contributed by atoms with Crippen LogP contribution in [0.25, 0.3) is 0 Å². The van der Waals surface area contributed by atoms with Crippen molar-refractivity contribution in [3.63, 3.8) is 0 Å². The summed E-state index contributed by atoms with van der Waals surface area (Å²) in [5.74, 6) is -0.918. The minimum absolute atomic E-state index is 0.0811. The van der Waals surface area contributed by atoms with Gasteiger partial charge in [-0.05, 0) is 64.2 Å². The number of allylic oxidation sites excluding steroid dienone is 6. The van der Waals surface area contributed by atoms with Gasteiger partial charge in [0.05, 0.1) is 0 Å². The molecule has 6 heteroatoms. The van der Waals surface area contributed by atoms with Crippen molar-refractivity contribution in [3.8, 4) is 0 Å². The third kappa shape index (κ3) is 46.5. The Labute approximate surface area is 365 Å². The first-order valence-corrected chi connectivity index (χ1v) is 25.5. The van der Waals surface area contributed by atoms with Crippen LogP contribution in [0.2, 0.25) is 0 Å². The van der Waals surface area contributed by atoms with Crippen LogP contribution in [0.4, 0.5) is 0 Å². The number of ether oxygens (including phenoxy) is 3. The van der Waals surface area contributed by atoms with Crippen LogP contribution in [0.15, 0.2) is 36.5 Å². The fourth-order valence-electron chi connectivity index (χ4n) is 7.31. The van der Waals surface area contributed by atoms with Crippen molar-refractivity contribution in [1.82, 2.24) is 0 Å². The third-order valence-corrected chi connectivity index (χ3v) is 11.1. The Morgan fingerprint density at radius 3 is 1.12 bits per heavy atom. The molecule has 0 aromatic rings. The van der Waals surface area contributed by atoms with E-state index in [1.165, 1.54) is 148 Å². The third-order valence-electron chi connectivity index (χ3n) is 11.1. The molecule has 0 aliphatic carbocycles. The van der Waals surface area contributed by atoms with Gasteiger partial charge in [-0.1, -0.05) is 218 Å². The van der Waals surface area contributed by atoms with Crippen LogP contribution >= 0.6 is 0 Å². The van der Waals surface area contributed by atoms with E-state index < -0.39 is 6.10 Å². The summed E-state index contributed by atoms with van der Waals surface area (Å²) in [6, 6.07) is 0. The smallest absolute Gasteiger partial charge is 0.306 e. The molecule has 0 amide bonds. The second-order valence-electron chi connectivity index (χ2n) is 17.1. The first kappa shape index (κ1) is 56.6. The Kier molecular flexibility index (Phi) is 46.4. The van der Waals surface area contributed by atoms with E-state index in [1.807, 2.05) is 0 Å². The summed E-state index contributed by atoms with van der Waals surface area (Å²) in [5.41, 5.74) is 0. The van der Waals surface area contributed by atoms with Crippen LogP contribution in [-0.4, -0.2) is 37.2 Å². The lowest BCUT2D eigenvalue weighted by Gasteiger charge is -2.18. The number of esters is 3. The average molecular weight is 829 g/mol. The van der Waals surface area contributed by atoms with E-state index in [4.69, 9.17) is 14.2 Å². The lowest BCUT2D eigenvalue weighted by atomic mass is 10.0. The van der Waals surface area contributed by atoms with Crippen LogP contribution in [0.5, 0.6) is 0 Å². The molecule has 59 heavy (non-hydrogen) atoms. The molecule has 0 rings (SSSR count). The van der Waals surface area contributed by atoms with Crippen molar-refractivity contribution in [3.05, 3.63) is 36.5 Å². The van der Waals surface area contributed by atoms with Gasteiger partial charge in [0.25, 0.3) is 0 Å². The zero-order valence-electron chi connectivity index (χ0n) is 39.3. The molecule has 0 aliphatic rings. The van der Waals surface area contributed by atoms with Gasteiger partial charge < -0.3 is 14.2 Å². The topological polar surface area (TPSA) is 78.9 Å². The Morgan fingerprint density at radius 1 is 0.356 bits per heavy atom. The molecule has 0 saturated carbocycles. The second kappa shape index (κ2) is 48.3. The van der Waals surface area contributed by atoms with E-state index in [1.54, 1.807) is 0 Å². The molecule has 1 unspecified atom stereocenters. The molecule has 6 nitrogen and oxygen atoms in total. The van der Waals surface area contributed by atoms with E-state index in [0.29, 0.717) is 19.3 Å². The van der Waals surface area contributed by atoms with Gasteiger partial charge >= 0.3 is 17.9 Å². The molecule has 0 fully saturated rings. The largest absolute Gasteiger partial charge is 0.462 e. The summed E-state index contributed by atoms with van der Waals surface area (Å²) in [4.78, 5) is 37.8. The Morgan fingerprint density at radius 2 is 0.678 bits per heavy atom. The molecule has 0 radical (unpaired) electrons. The molecule has 0 spiro atoms. The summed E-state index contributed by atoms with van der Waals surface area (Å²) >= 11 is 0. The van der Waals surface area contributed by atoms with Crippen molar-refractivity contribution >= 4 is 17.9 Å². The number of hydrogen-bond donors (Lipinski definition) is 0. The number of carbonyl (C=O) groups excluding carboxylic acids is 3. The summed E-state index contributed by atoms with van der Waals surface area (Å²) in [7, 11) is 0. The molecular formula is C53H96O6. The highest BCUT2D eigenvalue weighted by atomic mass is 16.6. The lowest BCUT2D eigenvalue weighted by Crippen LogP contribution is -2.30. The van der Waals surface area contributed by atoms with Gasteiger partial charge in [-0.2, -0.15) is 0 Å². The van der Waals surface area contributed by atoms with Crippen molar-refractivity contribution in [1.29, 1.82) is 0 Å². The standard InChI is InChI=1S/C53H96O6/c1-4-7-10-13-16-19-21-23-25-26-27-28-30-31-34-37-40-43-46-52(55)58-49-50(48-57-51(54)45-42-39-36-33-18-15-12-9-6-3)59-53(56)47-44-41-38-35-32-29-24-22-20-17-14-11-8-5-2/h8,11,17,20,33,36,50H,4-7,9-10,12-16,18-19,21-32,34-35,37-49H2,1-3H3/b11-8-,20-17-,36-33-. The summed E-state index contributed by atoms with van der Waals surface area (Å²) in [6.07, 6.45) is 55.7. The van der Waals surface area contributed by atoms with Gasteiger partial charge in [0, 0.05) is 19.3 Å². The maximum Gasteiger partial charge on any atom is 0.306 e. The van der Waals surface area contributed by atoms with E-state index in [0.717, 1.165) is 77.0 Å². The van der Waals surface area contributed by atoms with Gasteiger partial charge in [0.2, 0.25) is 0 Å². The van der Waals surface area contributed by atoms with Crippen molar-refractivity contribution in [2.45, 2.75) is 271 Å². The predicted octanol–water partition coefficient (Wildman–Crippen LogP) is 16.5. The molecule has 0 saturated heterocycles. The predicted molar refractivity (Wildman–Crippen MR) is 252 cm³/mol. The molecule has 0 N–H and O–H groups in total. The van der Waals surface area contributed by atoms with Crippen molar-refractivity contribution in [2.75, 3.05) is 13.2 Å². The number of unbranched alkanes of at least 4 members (excludes halogenated alkanes) is 29. The first-order chi connectivity index (χ1) is 29.0. The van der Waals surface area contributed by atoms with Crippen LogP contribution in [0.1, 0.15) is 265 Å². The SMILES string of the molecule is CC/C=C\C/C=C\CCCCCCCCCC(=O)OC(COC(=O)CCC/C=C\CCCCCC)COC(=O)CCCCCCCCCCCCCCCCCCCC. The van der Waals surface area contributed by atoms with Crippen LogP contribution in [-0.2, 0) is 28.6 Å². The van der Waals surface area contributed by atoms with E-state index >= 15 is 0 Å². The van der Waals surface area contributed by atoms with Gasteiger partial charge in [0.1, 0.15) is 13.2 Å². The second-order valence-corrected chi connectivity index (χ2v) is 17.1. The minimum atomic E-state index is -0.782. The van der Waals surface area contributed by atoms with E-state index in [2.05, 4.69) is 57.2 Å². The van der Waals surface area contributed by atoms with Crippen molar-refractivity contribution in [2.24, 2.45) is 0 Å². The van der Waals surface area contributed by atoms with Crippen LogP contribution in [0, 0.1) is 0 Å². The molecule has 344 valence electrons. The minimum Gasteiger partial charge on any atom is -0.462 e. The van der Waals surface area contributed by atoms with Gasteiger partial charge in [-0.25, -0.2) is 0 Å². The maximum atomic E-state index is 12.7. The summed E-state index contributed by atoms with van der Waals surface area (Å²) in [5, 5.41) is 0. The number of hydrogen-bond acceptors (Lipinski definition) is 6. The summed E-state index contributed by atoms with van der Waals surface area (Å²) < 4.78 is 16.7. The monoisotopic (exact) mass is 829 g/mol. The zero-order chi connectivity index (χ0) is 43.0. The van der Waals surface area contributed by atoms with Gasteiger partial charge in [-0.3, -0.25) is 14.4 Å². The number of rotatable bonds is 46. The van der Waals surface area contributed by atoms with Crippen molar-refractivity contribution < 1.29 is 28.6 Å². The molecule has 0 bridgehead atoms. The van der Waals surface area contributed by atoms with Gasteiger partial charge in [-0.15, -0.1) is 0 Å². The average Bonchev–Trinajstić information content (AvgIpc) is 3.23. The van der Waals surface area contributed by atoms with E-state index in [-0.39, 0.29) is 31.1 Å². The molecule has 0 heterocycles. The van der Waals surface area contributed by atoms with E-state index in [9.17, 15) is 14.4 Å². The quantitative estimate of drug-likeness (QED) is 0.0263. The molecular weight excluding hydrogens is 733 g/mol. The Balaban J connectivity index is 4.29. The molecule has 0 aromatic carbocycles. The molecule has 1 atom stereocenters. The first-order valence-electron chi connectivity index (χ1n) is 25.5. The lowest BCUT2D eigenvalue weighted by molar-refractivity contribution is -0.167. The zero-order valence-corrected chi connectivity index (χ0v) is 39.3. The molecule has 0 aromatic heterocycles. The molecule has 0 aliphatic heterocycles. The number of carbonyl (C=O) groups is 3. The summed E-state index contributed by atoms with van der Waals surface area (Å²) in [6.45, 7) is 6.49. The highest BCUT2D eigenvalue weighted by molar-refractivity contribution is 5.71. The Hall–Kier alpha value is -2.37. The Bertz CT molecular complexity index is 1000. The van der Waals surface area contributed by atoms with Gasteiger partial charge in [0.15, 0.2) is 6.10 Å². The fourth-order valence-corrected chi connectivity index (χ4v) is 7.31. The van der Waals surface area contributed by atoms with Crippen LogP contribution in [0.3, 0.4) is 0 Å². The van der Waals surface area contributed by atoms with Crippen LogP contribution < -0.4 is 0 Å². The highest BCUT2D eigenvalue weighted by Gasteiger charge is 2.19.